The number of hydrogen-bond donors (Lipinski definition) is 0. The number of hydrogen-bond acceptors (Lipinski definition) is 2. The van der Waals surface area contributed by atoms with Crippen molar-refractivity contribution in [1.29, 1.82) is 0 Å². The van der Waals surface area contributed by atoms with Crippen LogP contribution in [0, 0.1) is 0 Å². The highest BCUT2D eigenvalue weighted by atomic mass is 32.1. The van der Waals surface area contributed by atoms with Crippen molar-refractivity contribution < 1.29 is 4.74 Å². The van der Waals surface area contributed by atoms with Crippen LogP contribution in [0.25, 0.3) is 16.5 Å². The van der Waals surface area contributed by atoms with Gasteiger partial charge in [0.15, 0.2) is 0 Å². The minimum Gasteiger partial charge on any atom is -0.497 e. The molecule has 0 spiro atoms. The van der Waals surface area contributed by atoms with Crippen molar-refractivity contribution in [2.24, 2.45) is 0 Å². The van der Waals surface area contributed by atoms with Crippen LogP contribution in [0.5, 0.6) is 5.75 Å². The average Bonchev–Trinajstić information content (AvgIpc) is 2.77. The van der Waals surface area contributed by atoms with Crippen LogP contribution in [0.3, 0.4) is 0 Å². The van der Waals surface area contributed by atoms with Crippen LogP contribution >= 0.6 is 11.3 Å². The Morgan fingerprint density at radius 3 is 2.35 bits per heavy atom. The molecule has 0 atom stereocenters. The average molecular weight is 244 g/mol. The normalized spacial score (nSPS) is 10.1. The van der Waals surface area contributed by atoms with Gasteiger partial charge in [-0.15, -0.1) is 11.3 Å². The van der Waals surface area contributed by atoms with Gasteiger partial charge in [0.2, 0.25) is 0 Å². The van der Waals surface area contributed by atoms with Crippen LogP contribution in [0.4, 0.5) is 0 Å². The second kappa shape index (κ2) is 5.19. The van der Waals surface area contributed by atoms with Gasteiger partial charge in [-0.3, -0.25) is 0 Å². The second-order valence-electron chi connectivity index (χ2n) is 4.15. The molecule has 1 aromatic heterocycles. The monoisotopic (exact) mass is 244 g/mol. The summed E-state index contributed by atoms with van der Waals surface area (Å²) in [6, 6.07) is 12.5. The highest BCUT2D eigenvalue weighted by Crippen LogP contribution is 2.30. The number of ether oxygens (including phenoxy) is 1. The Hall–Kier alpha value is -1.54. The predicted octanol–water partition coefficient (Wildman–Crippen LogP) is 4.85. The lowest BCUT2D eigenvalue weighted by Crippen LogP contribution is -1.81. The molecule has 0 aliphatic heterocycles. The Balaban J connectivity index is 2.27. The van der Waals surface area contributed by atoms with E-state index >= 15 is 0 Å². The van der Waals surface area contributed by atoms with E-state index in [4.69, 9.17) is 4.74 Å². The molecular formula is C15H16OS. The zero-order valence-electron chi connectivity index (χ0n) is 10.4. The van der Waals surface area contributed by atoms with Gasteiger partial charge in [-0.25, -0.2) is 0 Å². The van der Waals surface area contributed by atoms with Crippen molar-refractivity contribution in [1.82, 2.24) is 0 Å². The molecule has 0 unspecified atom stereocenters. The van der Waals surface area contributed by atoms with E-state index < -0.39 is 0 Å². The Bertz CT molecular complexity index is 516. The van der Waals surface area contributed by atoms with Gasteiger partial charge in [0.1, 0.15) is 5.75 Å². The van der Waals surface area contributed by atoms with Crippen LogP contribution < -0.4 is 4.74 Å². The first-order chi connectivity index (χ1) is 8.19. The van der Waals surface area contributed by atoms with E-state index in [1.807, 2.05) is 23.5 Å². The van der Waals surface area contributed by atoms with Gasteiger partial charge in [0.05, 0.1) is 7.11 Å². The van der Waals surface area contributed by atoms with Gasteiger partial charge in [0.25, 0.3) is 0 Å². The quantitative estimate of drug-likeness (QED) is 0.750. The van der Waals surface area contributed by atoms with Crippen molar-refractivity contribution in [2.45, 2.75) is 13.8 Å². The summed E-state index contributed by atoms with van der Waals surface area (Å²) in [4.78, 5) is 2.59. The van der Waals surface area contributed by atoms with Crippen molar-refractivity contribution in [3.8, 4) is 16.2 Å². The maximum Gasteiger partial charge on any atom is 0.118 e. The van der Waals surface area contributed by atoms with Crippen LogP contribution in [0.1, 0.15) is 18.7 Å². The third kappa shape index (κ3) is 2.98. The summed E-state index contributed by atoms with van der Waals surface area (Å²) in [5, 5.41) is 0. The van der Waals surface area contributed by atoms with Gasteiger partial charge >= 0.3 is 0 Å². The summed E-state index contributed by atoms with van der Waals surface area (Å²) in [5.41, 5.74) is 2.57. The summed E-state index contributed by atoms with van der Waals surface area (Å²) in [6.45, 7) is 4.24. The van der Waals surface area contributed by atoms with Crippen molar-refractivity contribution in [2.75, 3.05) is 7.11 Å². The molecule has 2 heteroatoms. The van der Waals surface area contributed by atoms with Crippen LogP contribution in [0.2, 0.25) is 0 Å². The third-order valence-corrected chi connectivity index (χ3v) is 3.51. The van der Waals surface area contributed by atoms with E-state index in [0.29, 0.717) is 0 Å². The van der Waals surface area contributed by atoms with Gasteiger partial charge in [-0.2, -0.15) is 0 Å². The van der Waals surface area contributed by atoms with Crippen molar-refractivity contribution >= 4 is 17.4 Å². The summed E-state index contributed by atoms with van der Waals surface area (Å²) < 4.78 is 5.16. The molecule has 2 rings (SSSR count). The molecule has 1 nitrogen and oxygen atoms in total. The molecule has 0 fully saturated rings. The lowest BCUT2D eigenvalue weighted by Gasteiger charge is -2.00. The summed E-state index contributed by atoms with van der Waals surface area (Å²) in [7, 11) is 1.69. The lowest BCUT2D eigenvalue weighted by molar-refractivity contribution is 0.415. The minimum atomic E-state index is 0.898. The number of allylic oxidation sites excluding steroid dienone is 1. The molecule has 0 radical (unpaired) electrons. The molecule has 88 valence electrons. The number of methoxy groups -OCH3 is 1. The van der Waals surface area contributed by atoms with Crippen LogP contribution in [-0.4, -0.2) is 7.11 Å². The Morgan fingerprint density at radius 2 is 1.76 bits per heavy atom. The van der Waals surface area contributed by atoms with Crippen molar-refractivity contribution in [3.63, 3.8) is 0 Å². The van der Waals surface area contributed by atoms with Crippen LogP contribution in [-0.2, 0) is 0 Å². The molecule has 0 saturated carbocycles. The summed E-state index contributed by atoms with van der Waals surface area (Å²) in [5.74, 6) is 0.898. The molecule has 17 heavy (non-hydrogen) atoms. The molecule has 0 N–H and O–H groups in total. The molecule has 0 saturated heterocycles. The zero-order valence-corrected chi connectivity index (χ0v) is 11.2. The van der Waals surface area contributed by atoms with E-state index in [0.717, 1.165) is 5.75 Å². The number of benzene rings is 1. The van der Waals surface area contributed by atoms with E-state index in [9.17, 15) is 0 Å². The zero-order chi connectivity index (χ0) is 12.3. The molecule has 2 aromatic rings. The fourth-order valence-corrected chi connectivity index (χ4v) is 2.70. The highest BCUT2D eigenvalue weighted by molar-refractivity contribution is 7.16. The SMILES string of the molecule is COc1ccc(-c2ccc(C=C(C)C)s2)cc1. The molecule has 0 bridgehead atoms. The predicted molar refractivity (Wildman–Crippen MR) is 75.6 cm³/mol. The highest BCUT2D eigenvalue weighted by Gasteiger charge is 2.01. The van der Waals surface area contributed by atoms with E-state index in [1.54, 1.807) is 7.11 Å². The summed E-state index contributed by atoms with van der Waals surface area (Å²) in [6.07, 6.45) is 2.21. The van der Waals surface area contributed by atoms with Gasteiger partial charge in [-0.1, -0.05) is 5.57 Å². The fourth-order valence-electron chi connectivity index (χ4n) is 1.63. The molecule has 0 amide bonds. The second-order valence-corrected chi connectivity index (χ2v) is 5.27. The van der Waals surface area contributed by atoms with Crippen molar-refractivity contribution in [3.05, 3.63) is 46.8 Å². The van der Waals surface area contributed by atoms with E-state index in [1.165, 1.54) is 20.9 Å². The van der Waals surface area contributed by atoms with Gasteiger partial charge < -0.3 is 4.74 Å². The van der Waals surface area contributed by atoms with Gasteiger partial charge in [0, 0.05) is 9.75 Å². The lowest BCUT2D eigenvalue weighted by atomic mass is 10.2. The standard InChI is InChI=1S/C15H16OS/c1-11(2)10-14-8-9-15(17-14)12-4-6-13(16-3)7-5-12/h4-10H,1-3H3. The Morgan fingerprint density at radius 1 is 1.06 bits per heavy atom. The minimum absolute atomic E-state index is 0.898. The maximum atomic E-state index is 5.16. The summed E-state index contributed by atoms with van der Waals surface area (Å²) >= 11 is 1.81. The smallest absolute Gasteiger partial charge is 0.118 e. The molecule has 0 aliphatic rings. The molecule has 1 aromatic carbocycles. The Kier molecular flexibility index (Phi) is 3.64. The van der Waals surface area contributed by atoms with Crippen LogP contribution in [0.15, 0.2) is 42.0 Å². The van der Waals surface area contributed by atoms with Gasteiger partial charge in [-0.05, 0) is 61.9 Å². The fraction of sp³-hybridized carbons (Fsp3) is 0.200. The first-order valence-corrected chi connectivity index (χ1v) is 6.40. The first-order valence-electron chi connectivity index (χ1n) is 5.58. The van der Waals surface area contributed by atoms with E-state index in [2.05, 4.69) is 44.2 Å². The maximum absolute atomic E-state index is 5.16. The molecule has 1 heterocycles. The molecular weight excluding hydrogens is 228 g/mol. The first kappa shape index (κ1) is 11.9. The number of thiophene rings is 1. The topological polar surface area (TPSA) is 9.23 Å². The largest absolute Gasteiger partial charge is 0.497 e. The molecule has 0 aliphatic carbocycles. The third-order valence-electron chi connectivity index (χ3n) is 2.43. The van der Waals surface area contributed by atoms with E-state index in [-0.39, 0.29) is 0 Å². The number of rotatable bonds is 3. The Labute approximate surface area is 106 Å².